The number of carbonyl (C=O) groups is 2. The summed E-state index contributed by atoms with van der Waals surface area (Å²) in [6.45, 7) is 16.2. The van der Waals surface area contributed by atoms with Gasteiger partial charge in [-0.25, -0.2) is 14.8 Å². The number of carbonyl (C=O) groups excluding carboxylic acids is 2. The van der Waals surface area contributed by atoms with E-state index < -0.39 is 5.54 Å². The molecule has 0 bridgehead atoms. The van der Waals surface area contributed by atoms with Gasteiger partial charge >= 0.3 is 6.03 Å². The van der Waals surface area contributed by atoms with E-state index in [9.17, 15) is 9.59 Å². The average Bonchev–Trinajstić information content (AvgIpc) is 3.96. The molecule has 0 radical (unpaired) electrons. The van der Waals surface area contributed by atoms with E-state index >= 15 is 0 Å². The van der Waals surface area contributed by atoms with E-state index in [1.54, 1.807) is 0 Å². The van der Waals surface area contributed by atoms with Crippen molar-refractivity contribution < 1.29 is 9.59 Å². The maximum atomic E-state index is 13.5. The van der Waals surface area contributed by atoms with Gasteiger partial charge in [0.05, 0.1) is 23.8 Å². The summed E-state index contributed by atoms with van der Waals surface area (Å²) in [6, 6.07) is 17.3. The molecular formula is C41H55N7O2. The van der Waals surface area contributed by atoms with Crippen molar-refractivity contribution in [2.75, 3.05) is 20.1 Å². The molecule has 4 heterocycles. The van der Waals surface area contributed by atoms with Crippen LogP contribution in [0.15, 0.2) is 60.9 Å². The number of aromatic nitrogens is 4. The molecule has 3 unspecified atom stereocenters. The minimum absolute atomic E-state index is 0.0167. The van der Waals surface area contributed by atoms with Gasteiger partial charge < -0.3 is 24.7 Å². The molecule has 4 aromatic rings. The van der Waals surface area contributed by atoms with Crippen LogP contribution in [0.25, 0.3) is 33.6 Å². The van der Waals surface area contributed by atoms with Crippen LogP contribution in [0.4, 0.5) is 4.79 Å². The van der Waals surface area contributed by atoms with Crippen molar-refractivity contribution >= 4 is 11.9 Å². The number of aromatic amines is 2. The van der Waals surface area contributed by atoms with E-state index in [1.165, 1.54) is 0 Å². The first-order valence-corrected chi connectivity index (χ1v) is 18.6. The molecule has 2 N–H and O–H groups in total. The van der Waals surface area contributed by atoms with Gasteiger partial charge in [0.2, 0.25) is 5.91 Å². The smallest absolute Gasteiger partial charge is 0.320 e. The SMILES string of the molecule is CCC1(c2ncc(-c3ccc(-c4ccc(-c5cnc(C6(CC)CCCN6C(=O)N(C)C(C)C)[nH]5)cc4)cc3)[nH]2)CCCN1C(=O)C(C)C(C)C. The molecular weight excluding hydrogens is 622 g/mol. The maximum absolute atomic E-state index is 13.5. The highest BCUT2D eigenvalue weighted by Crippen LogP contribution is 2.43. The van der Waals surface area contributed by atoms with E-state index in [-0.39, 0.29) is 29.4 Å². The Labute approximate surface area is 297 Å². The lowest BCUT2D eigenvalue weighted by atomic mass is 9.89. The molecule has 9 heteroatoms. The summed E-state index contributed by atoms with van der Waals surface area (Å²) < 4.78 is 0. The molecule has 6 rings (SSSR count). The van der Waals surface area contributed by atoms with Gasteiger partial charge in [-0.1, -0.05) is 83.1 Å². The predicted octanol–water partition coefficient (Wildman–Crippen LogP) is 8.81. The molecule has 3 atom stereocenters. The van der Waals surface area contributed by atoms with Crippen LogP contribution in [0.1, 0.15) is 98.6 Å². The summed E-state index contributed by atoms with van der Waals surface area (Å²) >= 11 is 0. The first-order valence-electron chi connectivity index (χ1n) is 18.6. The fourth-order valence-corrected chi connectivity index (χ4v) is 7.96. The van der Waals surface area contributed by atoms with E-state index in [2.05, 4.69) is 91.1 Å². The Balaban J connectivity index is 1.17. The zero-order valence-corrected chi connectivity index (χ0v) is 31.2. The van der Waals surface area contributed by atoms with Gasteiger partial charge in [0, 0.05) is 32.1 Å². The van der Waals surface area contributed by atoms with E-state index in [1.807, 2.05) is 50.0 Å². The molecule has 0 aliphatic carbocycles. The van der Waals surface area contributed by atoms with Crippen molar-refractivity contribution in [2.24, 2.45) is 11.8 Å². The second-order valence-corrected chi connectivity index (χ2v) is 15.1. The topological polar surface area (TPSA) is 101 Å². The third kappa shape index (κ3) is 6.13. The summed E-state index contributed by atoms with van der Waals surface area (Å²) in [4.78, 5) is 49.8. The van der Waals surface area contributed by atoms with Crippen LogP contribution < -0.4 is 0 Å². The minimum Gasteiger partial charge on any atom is -0.340 e. The van der Waals surface area contributed by atoms with Crippen molar-refractivity contribution in [1.29, 1.82) is 0 Å². The first kappa shape index (κ1) is 35.4. The van der Waals surface area contributed by atoms with E-state index in [0.29, 0.717) is 5.92 Å². The van der Waals surface area contributed by atoms with Gasteiger partial charge in [0.25, 0.3) is 0 Å². The van der Waals surface area contributed by atoms with Crippen molar-refractivity contribution in [3.63, 3.8) is 0 Å². The highest BCUT2D eigenvalue weighted by Gasteiger charge is 2.48. The normalized spacial score (nSPS) is 21.4. The Morgan fingerprint density at radius 3 is 1.56 bits per heavy atom. The molecule has 9 nitrogen and oxygen atoms in total. The molecule has 2 aromatic heterocycles. The number of nitrogens with one attached hydrogen (secondary N) is 2. The van der Waals surface area contributed by atoms with Crippen molar-refractivity contribution in [3.05, 3.63) is 72.6 Å². The number of hydrogen-bond donors (Lipinski definition) is 2. The Morgan fingerprint density at radius 2 is 1.14 bits per heavy atom. The van der Waals surface area contributed by atoms with Gasteiger partial charge in [-0.2, -0.15) is 0 Å². The maximum Gasteiger partial charge on any atom is 0.320 e. The Bertz CT molecular complexity index is 1660. The van der Waals surface area contributed by atoms with Crippen LogP contribution in [0.3, 0.4) is 0 Å². The van der Waals surface area contributed by atoms with Crippen molar-refractivity contribution in [1.82, 2.24) is 34.6 Å². The fourth-order valence-electron chi connectivity index (χ4n) is 7.96. The molecule has 2 aromatic carbocycles. The zero-order valence-electron chi connectivity index (χ0n) is 31.2. The molecule has 0 saturated carbocycles. The lowest BCUT2D eigenvalue weighted by Gasteiger charge is -2.39. The number of rotatable bonds is 10. The van der Waals surface area contributed by atoms with Crippen LogP contribution in [0, 0.1) is 11.8 Å². The Kier molecular flexibility index (Phi) is 9.98. The van der Waals surface area contributed by atoms with Crippen molar-refractivity contribution in [2.45, 2.75) is 104 Å². The average molecular weight is 678 g/mol. The van der Waals surface area contributed by atoms with Gasteiger partial charge in [0.15, 0.2) is 0 Å². The summed E-state index contributed by atoms with van der Waals surface area (Å²) in [6.07, 6.45) is 9.23. The number of hydrogen-bond acceptors (Lipinski definition) is 4. The largest absolute Gasteiger partial charge is 0.340 e. The lowest BCUT2D eigenvalue weighted by molar-refractivity contribution is -0.141. The predicted molar refractivity (Wildman–Crippen MR) is 200 cm³/mol. The minimum atomic E-state index is -0.424. The monoisotopic (exact) mass is 677 g/mol. The third-order valence-electron chi connectivity index (χ3n) is 11.9. The lowest BCUT2D eigenvalue weighted by Crippen LogP contribution is -2.51. The highest BCUT2D eigenvalue weighted by atomic mass is 16.2. The summed E-state index contributed by atoms with van der Waals surface area (Å²) in [5.74, 6) is 2.26. The molecule has 0 spiro atoms. The van der Waals surface area contributed by atoms with Gasteiger partial charge in [-0.05, 0) is 80.5 Å². The third-order valence-corrected chi connectivity index (χ3v) is 11.9. The molecule has 266 valence electrons. The van der Waals surface area contributed by atoms with Gasteiger partial charge in [-0.3, -0.25) is 4.79 Å². The second kappa shape index (κ2) is 14.1. The number of likely N-dealkylation sites (tertiary alicyclic amines) is 2. The van der Waals surface area contributed by atoms with Gasteiger partial charge in [-0.15, -0.1) is 0 Å². The molecule has 2 saturated heterocycles. The first-order chi connectivity index (χ1) is 24.0. The number of H-pyrrole nitrogens is 2. The number of amides is 3. The molecule has 2 fully saturated rings. The van der Waals surface area contributed by atoms with Gasteiger partial charge in [0.1, 0.15) is 22.7 Å². The van der Waals surface area contributed by atoms with Crippen LogP contribution >= 0.6 is 0 Å². The molecule has 3 amide bonds. The molecule has 2 aliphatic heterocycles. The summed E-state index contributed by atoms with van der Waals surface area (Å²) in [5.41, 5.74) is 5.49. The van der Waals surface area contributed by atoms with Crippen LogP contribution in [0.5, 0.6) is 0 Å². The van der Waals surface area contributed by atoms with Crippen LogP contribution in [0.2, 0.25) is 0 Å². The highest BCUT2D eigenvalue weighted by molar-refractivity contribution is 5.80. The molecule has 50 heavy (non-hydrogen) atoms. The zero-order chi connectivity index (χ0) is 35.8. The van der Waals surface area contributed by atoms with Crippen molar-refractivity contribution in [3.8, 4) is 33.6 Å². The standard InChI is InChI=1S/C41H55N7O2/c1-9-40(21-11-23-47(40)36(49)29(7)27(3)4)37-42-25-34(44-37)32-17-13-30(14-18-32)31-15-19-33(20-16-31)35-26-43-38(45-35)41(10-2)22-12-24-48(41)39(50)46(8)28(5)6/h13-20,25-29H,9-12,21-24H2,1-8H3,(H,42,44)(H,43,45). The Morgan fingerprint density at radius 1 is 0.720 bits per heavy atom. The quantitative estimate of drug-likeness (QED) is 0.175. The van der Waals surface area contributed by atoms with Crippen LogP contribution in [-0.2, 0) is 15.9 Å². The number of nitrogens with zero attached hydrogens (tertiary/aromatic N) is 5. The van der Waals surface area contributed by atoms with E-state index in [0.717, 1.165) is 96.9 Å². The van der Waals surface area contributed by atoms with E-state index in [4.69, 9.17) is 9.97 Å². The number of urea groups is 1. The number of benzene rings is 2. The summed E-state index contributed by atoms with van der Waals surface area (Å²) in [7, 11) is 1.88. The second-order valence-electron chi connectivity index (χ2n) is 15.1. The molecule has 2 aliphatic rings. The Hall–Kier alpha value is -4.40. The van der Waals surface area contributed by atoms with Crippen LogP contribution in [-0.4, -0.2) is 72.8 Å². The number of imidazole rings is 2. The summed E-state index contributed by atoms with van der Waals surface area (Å²) in [5, 5.41) is 0. The fraction of sp³-hybridized carbons (Fsp3) is 0.512.